The molecule has 1 aliphatic heterocycles. The Balaban J connectivity index is 2.07. The van der Waals surface area contributed by atoms with Crippen molar-refractivity contribution < 1.29 is 14.3 Å². The second kappa shape index (κ2) is 7.45. The number of carbonyl (C=O) groups excluding carboxylic acids is 2. The highest BCUT2D eigenvalue weighted by Gasteiger charge is 2.26. The molecule has 21 heavy (non-hydrogen) atoms. The molecule has 2 aliphatic rings. The van der Waals surface area contributed by atoms with E-state index in [1.807, 2.05) is 0 Å². The lowest BCUT2D eigenvalue weighted by atomic mass is 9.94. The monoisotopic (exact) mass is 295 g/mol. The van der Waals surface area contributed by atoms with Gasteiger partial charge in [-0.25, -0.2) is 9.59 Å². The first kappa shape index (κ1) is 15.8. The van der Waals surface area contributed by atoms with Gasteiger partial charge in [-0.15, -0.1) is 0 Å². The van der Waals surface area contributed by atoms with Gasteiger partial charge in [0.15, 0.2) is 0 Å². The van der Waals surface area contributed by atoms with Gasteiger partial charge in [0.1, 0.15) is 0 Å². The van der Waals surface area contributed by atoms with E-state index in [4.69, 9.17) is 4.74 Å². The van der Waals surface area contributed by atoms with E-state index in [9.17, 15) is 9.59 Å². The number of rotatable bonds is 5. The van der Waals surface area contributed by atoms with Crippen molar-refractivity contribution in [3.05, 3.63) is 11.3 Å². The zero-order valence-corrected chi connectivity index (χ0v) is 12.9. The van der Waals surface area contributed by atoms with Gasteiger partial charge >= 0.3 is 12.0 Å². The minimum Gasteiger partial charge on any atom is -0.463 e. The van der Waals surface area contributed by atoms with Crippen LogP contribution >= 0.6 is 0 Å². The van der Waals surface area contributed by atoms with Crippen LogP contribution in [0.5, 0.6) is 0 Å². The molecule has 118 valence electrons. The highest BCUT2D eigenvalue weighted by molar-refractivity contribution is 5.93. The van der Waals surface area contributed by atoms with Gasteiger partial charge in [0.05, 0.1) is 18.7 Å². The zero-order chi connectivity index (χ0) is 15.2. The summed E-state index contributed by atoms with van der Waals surface area (Å²) in [6.45, 7) is 2.92. The van der Waals surface area contributed by atoms with Crippen molar-refractivity contribution in [2.75, 3.05) is 26.7 Å². The number of nitrogens with zero attached hydrogens (tertiary/aromatic N) is 1. The average Bonchev–Trinajstić information content (AvgIpc) is 2.48. The van der Waals surface area contributed by atoms with Crippen molar-refractivity contribution >= 4 is 12.0 Å². The molecule has 2 N–H and O–H groups in total. The predicted octanol–water partition coefficient (Wildman–Crippen LogP) is 1.38. The van der Waals surface area contributed by atoms with Crippen molar-refractivity contribution in [1.29, 1.82) is 0 Å². The van der Waals surface area contributed by atoms with E-state index in [0.717, 1.165) is 0 Å². The third-order valence-corrected chi connectivity index (χ3v) is 4.18. The van der Waals surface area contributed by atoms with Crippen molar-refractivity contribution in [2.24, 2.45) is 0 Å². The normalized spacial score (nSPS) is 20.2. The topological polar surface area (TPSA) is 70.7 Å². The second-order valence-corrected chi connectivity index (χ2v) is 5.69. The molecule has 0 saturated heterocycles. The van der Waals surface area contributed by atoms with Gasteiger partial charge < -0.3 is 15.4 Å². The van der Waals surface area contributed by atoms with Crippen LogP contribution in [0.4, 0.5) is 4.79 Å². The van der Waals surface area contributed by atoms with Crippen LogP contribution < -0.4 is 10.6 Å². The van der Waals surface area contributed by atoms with Gasteiger partial charge in [0.25, 0.3) is 0 Å². The Labute approximate surface area is 125 Å². The number of urea groups is 1. The van der Waals surface area contributed by atoms with Crippen LogP contribution in [-0.2, 0) is 9.53 Å². The van der Waals surface area contributed by atoms with E-state index in [1.165, 1.54) is 32.1 Å². The lowest BCUT2D eigenvalue weighted by molar-refractivity contribution is -0.138. The maximum atomic E-state index is 12.0. The molecule has 0 bridgehead atoms. The highest BCUT2D eigenvalue weighted by atomic mass is 16.5. The lowest BCUT2D eigenvalue weighted by Gasteiger charge is -2.33. The maximum Gasteiger partial charge on any atom is 0.337 e. The third-order valence-electron chi connectivity index (χ3n) is 4.18. The number of likely N-dealkylation sites (N-methyl/N-ethyl adjacent to an activating group) is 1. The first-order valence-corrected chi connectivity index (χ1v) is 7.76. The fourth-order valence-electron chi connectivity index (χ4n) is 2.98. The minimum atomic E-state index is -0.350. The van der Waals surface area contributed by atoms with E-state index in [2.05, 4.69) is 22.6 Å². The average molecular weight is 295 g/mol. The molecule has 0 aromatic carbocycles. The number of nitrogens with one attached hydrogen (secondary N) is 2. The van der Waals surface area contributed by atoms with Gasteiger partial charge in [-0.05, 0) is 26.8 Å². The van der Waals surface area contributed by atoms with E-state index >= 15 is 0 Å². The molecule has 1 heterocycles. The number of carbonyl (C=O) groups is 2. The van der Waals surface area contributed by atoms with Crippen LogP contribution in [-0.4, -0.2) is 49.7 Å². The molecular weight excluding hydrogens is 270 g/mol. The number of ether oxygens (including phenoxy) is 1. The summed E-state index contributed by atoms with van der Waals surface area (Å²) in [6.07, 6.45) is 6.19. The molecule has 0 atom stereocenters. The van der Waals surface area contributed by atoms with Gasteiger partial charge in [-0.3, -0.25) is 4.90 Å². The molecule has 1 aliphatic carbocycles. The van der Waals surface area contributed by atoms with Crippen LogP contribution in [0.2, 0.25) is 0 Å². The molecule has 0 unspecified atom stereocenters. The second-order valence-electron chi connectivity index (χ2n) is 5.69. The Bertz CT molecular complexity index is 428. The molecule has 0 radical (unpaired) electrons. The predicted molar refractivity (Wildman–Crippen MR) is 79.7 cm³/mol. The first-order chi connectivity index (χ1) is 10.1. The van der Waals surface area contributed by atoms with Gasteiger partial charge in [0, 0.05) is 18.3 Å². The smallest absolute Gasteiger partial charge is 0.337 e. The van der Waals surface area contributed by atoms with Crippen LogP contribution in [0.1, 0.15) is 39.0 Å². The SMILES string of the molecule is CCOC(=O)C1=C(CN(C)C2CCCCC2)NC(=O)NC1. The third kappa shape index (κ3) is 4.20. The number of esters is 1. The highest BCUT2D eigenvalue weighted by Crippen LogP contribution is 2.22. The first-order valence-electron chi connectivity index (χ1n) is 7.76. The maximum absolute atomic E-state index is 12.0. The summed E-state index contributed by atoms with van der Waals surface area (Å²) < 4.78 is 5.07. The molecule has 1 fully saturated rings. The van der Waals surface area contributed by atoms with Crippen molar-refractivity contribution in [3.63, 3.8) is 0 Å². The molecule has 6 heteroatoms. The fraction of sp³-hybridized carbons (Fsp3) is 0.733. The Hall–Kier alpha value is -1.56. The standard InChI is InChI=1S/C15H25N3O3/c1-3-21-14(19)12-9-16-15(20)17-13(12)10-18(2)11-7-5-4-6-8-11/h11H,3-10H2,1-2H3,(H2,16,17,20). The van der Waals surface area contributed by atoms with Crippen molar-refractivity contribution in [3.8, 4) is 0 Å². The van der Waals surface area contributed by atoms with Gasteiger partial charge in [-0.2, -0.15) is 0 Å². The molecule has 1 saturated carbocycles. The van der Waals surface area contributed by atoms with Crippen LogP contribution in [0.3, 0.4) is 0 Å². The molecule has 6 nitrogen and oxygen atoms in total. The molecule has 2 rings (SSSR count). The van der Waals surface area contributed by atoms with E-state index in [1.54, 1.807) is 6.92 Å². The molecule has 0 spiro atoms. The van der Waals surface area contributed by atoms with Crippen molar-refractivity contribution in [1.82, 2.24) is 15.5 Å². The van der Waals surface area contributed by atoms with Crippen LogP contribution in [0.15, 0.2) is 11.3 Å². The van der Waals surface area contributed by atoms with E-state index in [0.29, 0.717) is 30.5 Å². The molecule has 2 amide bonds. The summed E-state index contributed by atoms with van der Waals surface area (Å²) in [4.78, 5) is 25.7. The zero-order valence-electron chi connectivity index (χ0n) is 12.9. The van der Waals surface area contributed by atoms with Crippen molar-refractivity contribution in [2.45, 2.75) is 45.1 Å². The summed E-state index contributed by atoms with van der Waals surface area (Å²) in [5, 5.41) is 5.39. The summed E-state index contributed by atoms with van der Waals surface area (Å²) in [7, 11) is 2.06. The van der Waals surface area contributed by atoms with Gasteiger partial charge in [0.2, 0.25) is 0 Å². The molecular formula is C15H25N3O3. The Morgan fingerprint density at radius 1 is 1.33 bits per heavy atom. The molecule has 0 aromatic heterocycles. The summed E-state index contributed by atoms with van der Waals surface area (Å²) in [6, 6.07) is 0.275. The Morgan fingerprint density at radius 2 is 2.05 bits per heavy atom. The lowest BCUT2D eigenvalue weighted by Crippen LogP contribution is -2.47. The largest absolute Gasteiger partial charge is 0.463 e. The quantitative estimate of drug-likeness (QED) is 0.752. The summed E-state index contributed by atoms with van der Waals surface area (Å²) >= 11 is 0. The number of hydrogen-bond acceptors (Lipinski definition) is 4. The minimum absolute atomic E-state index is 0.235. The summed E-state index contributed by atoms with van der Waals surface area (Å²) in [5.41, 5.74) is 1.20. The van der Waals surface area contributed by atoms with Crippen LogP contribution in [0, 0.1) is 0 Å². The van der Waals surface area contributed by atoms with Crippen LogP contribution in [0.25, 0.3) is 0 Å². The fourth-order valence-corrected chi connectivity index (χ4v) is 2.98. The van der Waals surface area contributed by atoms with E-state index < -0.39 is 0 Å². The van der Waals surface area contributed by atoms with Gasteiger partial charge in [-0.1, -0.05) is 19.3 Å². The Kier molecular flexibility index (Phi) is 5.61. The number of amides is 2. The number of hydrogen-bond donors (Lipinski definition) is 2. The Morgan fingerprint density at radius 3 is 2.71 bits per heavy atom. The molecule has 0 aromatic rings. The van der Waals surface area contributed by atoms with E-state index in [-0.39, 0.29) is 18.5 Å². The summed E-state index contributed by atoms with van der Waals surface area (Å²) in [5.74, 6) is -0.350.